The molecule has 3 N–H and O–H groups in total. The molecule has 3 rings (SSSR count). The van der Waals surface area contributed by atoms with E-state index >= 15 is 0 Å². The highest BCUT2D eigenvalue weighted by molar-refractivity contribution is 6.09. The van der Waals surface area contributed by atoms with Crippen LogP contribution in [0.4, 0.5) is 15.8 Å². The molecule has 0 aromatic heterocycles. The quantitative estimate of drug-likeness (QED) is 0.783. The fourth-order valence-corrected chi connectivity index (χ4v) is 2.50. The minimum atomic E-state index is -0.579. The Morgan fingerprint density at radius 1 is 1.30 bits per heavy atom. The molecule has 0 aliphatic carbocycles. The highest BCUT2D eigenvalue weighted by Gasteiger charge is 2.28. The van der Waals surface area contributed by atoms with Crippen molar-refractivity contribution >= 4 is 17.3 Å². The van der Waals surface area contributed by atoms with E-state index in [-0.39, 0.29) is 17.2 Å². The lowest BCUT2D eigenvalue weighted by Gasteiger charge is -2.18. The molecular weight excluding hydrogens is 259 g/mol. The van der Waals surface area contributed by atoms with Crippen LogP contribution >= 0.6 is 0 Å². The van der Waals surface area contributed by atoms with Crippen molar-refractivity contribution in [1.82, 2.24) is 0 Å². The number of fused-ring (bicyclic) bond motifs is 1. The van der Waals surface area contributed by atoms with Crippen molar-refractivity contribution in [1.29, 1.82) is 0 Å². The molecule has 0 radical (unpaired) electrons. The van der Waals surface area contributed by atoms with Crippen molar-refractivity contribution < 1.29 is 14.3 Å². The summed E-state index contributed by atoms with van der Waals surface area (Å²) < 4.78 is 13.0. The van der Waals surface area contributed by atoms with E-state index in [1.165, 1.54) is 6.07 Å². The monoisotopic (exact) mass is 272 g/mol. The molecule has 0 unspecified atom stereocenters. The van der Waals surface area contributed by atoms with Gasteiger partial charge in [-0.15, -0.1) is 0 Å². The zero-order valence-electron chi connectivity index (χ0n) is 10.6. The molecule has 5 heteroatoms. The highest BCUT2D eigenvalue weighted by atomic mass is 19.1. The highest BCUT2D eigenvalue weighted by Crippen LogP contribution is 2.34. The lowest BCUT2D eigenvalue weighted by atomic mass is 10.1. The Labute approximate surface area is 115 Å². The predicted molar refractivity (Wildman–Crippen MR) is 74.3 cm³/mol. The first-order valence-corrected chi connectivity index (χ1v) is 6.25. The number of halogens is 1. The molecule has 20 heavy (non-hydrogen) atoms. The lowest BCUT2D eigenvalue weighted by Crippen LogP contribution is -2.28. The number of rotatable bonds is 1. The number of carbonyl (C=O) groups excluding carboxylic acids is 1. The SMILES string of the molecule is Nc1cccc2c1CCN2C(=O)c1ccc(F)cc1O. The number of phenolic OH excluding ortho intramolecular Hbond substituents is 1. The van der Waals surface area contributed by atoms with Crippen LogP contribution in [0.5, 0.6) is 5.75 Å². The molecular formula is C15H13FN2O2. The van der Waals surface area contributed by atoms with E-state index in [9.17, 15) is 14.3 Å². The number of carbonyl (C=O) groups is 1. The van der Waals surface area contributed by atoms with Gasteiger partial charge in [0, 0.05) is 29.5 Å². The van der Waals surface area contributed by atoms with Crippen LogP contribution in [0.1, 0.15) is 15.9 Å². The van der Waals surface area contributed by atoms with Crippen LogP contribution in [0.25, 0.3) is 0 Å². The van der Waals surface area contributed by atoms with Gasteiger partial charge in [0.15, 0.2) is 0 Å². The minimum absolute atomic E-state index is 0.0849. The number of nitrogen functional groups attached to an aromatic ring is 1. The Kier molecular flexibility index (Phi) is 2.82. The molecule has 2 aromatic carbocycles. The summed E-state index contributed by atoms with van der Waals surface area (Å²) in [5, 5.41) is 9.71. The molecule has 102 valence electrons. The number of benzene rings is 2. The van der Waals surface area contributed by atoms with Crippen LogP contribution in [0, 0.1) is 5.82 Å². The third-order valence-electron chi connectivity index (χ3n) is 3.50. The number of amides is 1. The van der Waals surface area contributed by atoms with Crippen LogP contribution in [0.15, 0.2) is 36.4 Å². The number of anilines is 2. The summed E-state index contributed by atoms with van der Waals surface area (Å²) >= 11 is 0. The minimum Gasteiger partial charge on any atom is -0.507 e. The number of nitrogens with two attached hydrogens (primary N) is 1. The van der Waals surface area contributed by atoms with Gasteiger partial charge in [-0.2, -0.15) is 0 Å². The Morgan fingerprint density at radius 3 is 2.85 bits per heavy atom. The number of aromatic hydroxyl groups is 1. The van der Waals surface area contributed by atoms with Gasteiger partial charge in [-0.25, -0.2) is 4.39 Å². The zero-order valence-corrected chi connectivity index (χ0v) is 10.6. The second-order valence-corrected chi connectivity index (χ2v) is 4.71. The van der Waals surface area contributed by atoms with E-state index in [0.29, 0.717) is 18.7 Å². The second kappa shape index (κ2) is 4.52. The summed E-state index contributed by atoms with van der Waals surface area (Å²) in [5.74, 6) is -1.29. The van der Waals surface area contributed by atoms with Gasteiger partial charge < -0.3 is 15.7 Å². The Balaban J connectivity index is 2.00. The fraction of sp³-hybridized carbons (Fsp3) is 0.133. The van der Waals surface area contributed by atoms with E-state index in [2.05, 4.69) is 0 Å². The zero-order chi connectivity index (χ0) is 14.3. The van der Waals surface area contributed by atoms with Gasteiger partial charge in [0.2, 0.25) is 0 Å². The molecule has 0 bridgehead atoms. The first-order chi connectivity index (χ1) is 9.58. The molecule has 0 fully saturated rings. The molecule has 1 aliphatic rings. The molecule has 0 atom stereocenters. The lowest BCUT2D eigenvalue weighted by molar-refractivity contribution is 0.0987. The van der Waals surface area contributed by atoms with E-state index in [1.807, 2.05) is 6.07 Å². The van der Waals surface area contributed by atoms with Crippen molar-refractivity contribution in [3.05, 3.63) is 53.3 Å². The largest absolute Gasteiger partial charge is 0.507 e. The Hall–Kier alpha value is -2.56. The van der Waals surface area contributed by atoms with Gasteiger partial charge in [-0.1, -0.05) is 6.07 Å². The van der Waals surface area contributed by atoms with E-state index < -0.39 is 5.82 Å². The summed E-state index contributed by atoms with van der Waals surface area (Å²) in [6, 6.07) is 8.77. The number of hydrogen-bond donors (Lipinski definition) is 2. The molecule has 1 heterocycles. The van der Waals surface area contributed by atoms with Gasteiger partial charge >= 0.3 is 0 Å². The molecule has 2 aromatic rings. The molecule has 0 saturated carbocycles. The maximum absolute atomic E-state index is 13.0. The van der Waals surface area contributed by atoms with Gasteiger partial charge in [0.25, 0.3) is 5.91 Å². The van der Waals surface area contributed by atoms with Crippen LogP contribution in [0.2, 0.25) is 0 Å². The van der Waals surface area contributed by atoms with Gasteiger partial charge in [-0.05, 0) is 30.7 Å². The van der Waals surface area contributed by atoms with Crippen molar-refractivity contribution in [3.8, 4) is 5.75 Å². The van der Waals surface area contributed by atoms with Gasteiger partial charge in [0.05, 0.1) is 5.56 Å². The Bertz CT molecular complexity index is 700. The fourth-order valence-electron chi connectivity index (χ4n) is 2.50. The number of hydrogen-bond acceptors (Lipinski definition) is 3. The molecule has 4 nitrogen and oxygen atoms in total. The normalized spacial score (nSPS) is 13.3. The Morgan fingerprint density at radius 2 is 2.10 bits per heavy atom. The first-order valence-electron chi connectivity index (χ1n) is 6.25. The average molecular weight is 272 g/mol. The van der Waals surface area contributed by atoms with Crippen molar-refractivity contribution in [2.75, 3.05) is 17.2 Å². The number of phenols is 1. The average Bonchev–Trinajstić information content (AvgIpc) is 2.83. The molecule has 1 aliphatic heterocycles. The topological polar surface area (TPSA) is 66.6 Å². The van der Waals surface area contributed by atoms with Crippen LogP contribution in [0.3, 0.4) is 0 Å². The predicted octanol–water partition coefficient (Wildman–Crippen LogP) is 2.32. The van der Waals surface area contributed by atoms with E-state index in [0.717, 1.165) is 23.4 Å². The van der Waals surface area contributed by atoms with Crippen LogP contribution < -0.4 is 10.6 Å². The maximum atomic E-state index is 13.0. The van der Waals surface area contributed by atoms with Crippen molar-refractivity contribution in [2.24, 2.45) is 0 Å². The summed E-state index contributed by atoms with van der Waals surface area (Å²) in [6.45, 7) is 0.499. The van der Waals surface area contributed by atoms with Gasteiger partial charge in [-0.3, -0.25) is 4.79 Å². The van der Waals surface area contributed by atoms with Gasteiger partial charge in [0.1, 0.15) is 11.6 Å². The van der Waals surface area contributed by atoms with Crippen LogP contribution in [-0.2, 0) is 6.42 Å². The van der Waals surface area contributed by atoms with Crippen molar-refractivity contribution in [3.63, 3.8) is 0 Å². The smallest absolute Gasteiger partial charge is 0.262 e. The first kappa shape index (κ1) is 12.5. The molecule has 1 amide bonds. The van der Waals surface area contributed by atoms with E-state index in [1.54, 1.807) is 17.0 Å². The number of nitrogens with zero attached hydrogens (tertiary/aromatic N) is 1. The summed E-state index contributed by atoms with van der Waals surface area (Å²) in [5.41, 5.74) is 8.31. The molecule has 0 saturated heterocycles. The summed E-state index contributed by atoms with van der Waals surface area (Å²) in [4.78, 5) is 14.0. The maximum Gasteiger partial charge on any atom is 0.262 e. The second-order valence-electron chi connectivity index (χ2n) is 4.71. The summed E-state index contributed by atoms with van der Waals surface area (Å²) in [6.07, 6.45) is 0.676. The van der Waals surface area contributed by atoms with Crippen LogP contribution in [-0.4, -0.2) is 17.6 Å². The standard InChI is InChI=1S/C15H13FN2O2/c16-9-4-5-11(14(19)8-9)15(20)18-7-6-10-12(17)2-1-3-13(10)18/h1-5,8,19H,6-7,17H2. The third-order valence-corrected chi connectivity index (χ3v) is 3.50. The van der Waals surface area contributed by atoms with Crippen molar-refractivity contribution in [2.45, 2.75) is 6.42 Å². The van der Waals surface area contributed by atoms with E-state index in [4.69, 9.17) is 5.73 Å². The molecule has 0 spiro atoms. The third kappa shape index (κ3) is 1.87. The summed E-state index contributed by atoms with van der Waals surface area (Å²) in [7, 11) is 0.